The zero-order chi connectivity index (χ0) is 20.9. The number of aromatic nitrogens is 4. The molecule has 8 nitrogen and oxygen atoms in total. The number of carbonyl (C=O) groups is 1. The smallest absolute Gasteiger partial charge is 0.416 e. The highest BCUT2D eigenvalue weighted by Gasteiger charge is 2.32. The van der Waals surface area contributed by atoms with Gasteiger partial charge in [-0.05, 0) is 30.5 Å². The molecule has 0 saturated carbocycles. The van der Waals surface area contributed by atoms with Gasteiger partial charge >= 0.3 is 6.18 Å². The van der Waals surface area contributed by atoms with Crippen molar-refractivity contribution < 1.29 is 23.1 Å². The minimum Gasteiger partial charge on any atom is -0.508 e. The van der Waals surface area contributed by atoms with E-state index in [4.69, 9.17) is 5.73 Å². The number of rotatable bonds is 3. The van der Waals surface area contributed by atoms with Crippen LogP contribution in [-0.4, -0.2) is 30.8 Å². The fourth-order valence-electron chi connectivity index (χ4n) is 3.39. The monoisotopic (exact) mass is 404 g/mol. The van der Waals surface area contributed by atoms with E-state index in [0.29, 0.717) is 35.9 Å². The average molecular weight is 404 g/mol. The van der Waals surface area contributed by atoms with Crippen LogP contribution < -0.4 is 11.1 Å². The van der Waals surface area contributed by atoms with E-state index in [1.807, 2.05) is 0 Å². The van der Waals surface area contributed by atoms with Crippen molar-refractivity contribution in [1.29, 1.82) is 0 Å². The van der Waals surface area contributed by atoms with Gasteiger partial charge in [0.25, 0.3) is 5.91 Å². The maximum atomic E-state index is 13.0. The second-order valence-electron chi connectivity index (χ2n) is 6.62. The van der Waals surface area contributed by atoms with Crippen molar-refractivity contribution in [3.63, 3.8) is 0 Å². The zero-order valence-electron chi connectivity index (χ0n) is 15.1. The first-order chi connectivity index (χ1) is 13.6. The highest BCUT2D eigenvalue weighted by Crippen LogP contribution is 2.36. The van der Waals surface area contributed by atoms with Gasteiger partial charge in [0.2, 0.25) is 5.95 Å². The number of alkyl halides is 3. The minimum absolute atomic E-state index is 0.0175. The molecule has 150 valence electrons. The number of fused-ring (bicyclic) bond motifs is 3. The van der Waals surface area contributed by atoms with Crippen LogP contribution in [0.15, 0.2) is 24.4 Å². The third-order valence-electron chi connectivity index (χ3n) is 4.61. The molecule has 1 amide bonds. The number of phenols is 1. The van der Waals surface area contributed by atoms with Gasteiger partial charge in [-0.15, -0.1) is 0 Å². The van der Waals surface area contributed by atoms with Crippen molar-refractivity contribution in [1.82, 2.24) is 19.7 Å². The van der Waals surface area contributed by atoms with Crippen molar-refractivity contribution in [2.45, 2.75) is 19.0 Å². The summed E-state index contributed by atoms with van der Waals surface area (Å²) in [6.07, 6.45) is -1.93. The largest absolute Gasteiger partial charge is 0.508 e. The van der Waals surface area contributed by atoms with E-state index in [2.05, 4.69) is 20.4 Å². The van der Waals surface area contributed by atoms with Gasteiger partial charge < -0.3 is 16.2 Å². The lowest BCUT2D eigenvalue weighted by molar-refractivity contribution is -0.137. The Hall–Kier alpha value is -3.63. The van der Waals surface area contributed by atoms with E-state index in [9.17, 15) is 23.1 Å². The summed E-state index contributed by atoms with van der Waals surface area (Å²) in [7, 11) is 1.65. The Morgan fingerprint density at radius 1 is 1.28 bits per heavy atom. The van der Waals surface area contributed by atoms with Crippen LogP contribution in [0.25, 0.3) is 11.4 Å². The van der Waals surface area contributed by atoms with Crippen LogP contribution in [0.1, 0.15) is 27.2 Å². The van der Waals surface area contributed by atoms with Gasteiger partial charge in [0.1, 0.15) is 5.75 Å². The SMILES string of the molecule is Cn1nc(C(N)=O)c2c1-c1nc(Nc3cc(O)cc(C(F)(F)F)c3)ncc1CC2. The highest BCUT2D eigenvalue weighted by atomic mass is 19.4. The molecule has 0 radical (unpaired) electrons. The summed E-state index contributed by atoms with van der Waals surface area (Å²) in [5.74, 6) is -1.14. The van der Waals surface area contributed by atoms with Gasteiger partial charge in [-0.1, -0.05) is 0 Å². The summed E-state index contributed by atoms with van der Waals surface area (Å²) in [6.45, 7) is 0. The molecule has 1 aliphatic rings. The van der Waals surface area contributed by atoms with Crippen LogP contribution in [0.2, 0.25) is 0 Å². The fourth-order valence-corrected chi connectivity index (χ4v) is 3.39. The van der Waals surface area contributed by atoms with Gasteiger partial charge in [0.15, 0.2) is 5.69 Å². The molecule has 0 aliphatic heterocycles. The lowest BCUT2D eigenvalue weighted by Crippen LogP contribution is -2.16. The summed E-state index contributed by atoms with van der Waals surface area (Å²) in [5.41, 5.74) is 7.16. The van der Waals surface area contributed by atoms with Gasteiger partial charge in [-0.3, -0.25) is 9.48 Å². The van der Waals surface area contributed by atoms with Crippen molar-refractivity contribution in [3.05, 3.63) is 46.8 Å². The average Bonchev–Trinajstić information content (AvgIpc) is 2.98. The molecular weight excluding hydrogens is 389 g/mol. The van der Waals surface area contributed by atoms with Crippen LogP contribution in [0.5, 0.6) is 5.75 Å². The fraction of sp³-hybridized carbons (Fsp3) is 0.222. The Morgan fingerprint density at radius 2 is 2.03 bits per heavy atom. The summed E-state index contributed by atoms with van der Waals surface area (Å²) in [4.78, 5) is 20.2. The number of nitrogens with zero attached hydrogens (tertiary/aromatic N) is 4. The summed E-state index contributed by atoms with van der Waals surface area (Å²) in [5, 5.41) is 16.5. The molecule has 4 N–H and O–H groups in total. The number of anilines is 2. The summed E-state index contributed by atoms with van der Waals surface area (Å²) >= 11 is 0. The molecule has 29 heavy (non-hydrogen) atoms. The first-order valence-corrected chi connectivity index (χ1v) is 8.53. The molecule has 0 bridgehead atoms. The molecule has 1 aliphatic carbocycles. The molecule has 0 spiro atoms. The predicted octanol–water partition coefficient (Wildman–Crippen LogP) is 2.54. The maximum Gasteiger partial charge on any atom is 0.416 e. The van der Waals surface area contributed by atoms with Crippen LogP contribution in [0.3, 0.4) is 0 Å². The number of nitrogens with one attached hydrogen (secondary N) is 1. The summed E-state index contributed by atoms with van der Waals surface area (Å²) < 4.78 is 40.4. The van der Waals surface area contributed by atoms with Gasteiger partial charge in [0, 0.05) is 30.6 Å². The van der Waals surface area contributed by atoms with E-state index in [1.54, 1.807) is 13.2 Å². The van der Waals surface area contributed by atoms with Gasteiger partial charge in [-0.2, -0.15) is 18.3 Å². The first kappa shape index (κ1) is 18.7. The van der Waals surface area contributed by atoms with Crippen LogP contribution in [-0.2, 0) is 26.1 Å². The third kappa shape index (κ3) is 3.35. The number of amides is 1. The maximum absolute atomic E-state index is 13.0. The molecule has 2 aromatic heterocycles. The molecule has 0 atom stereocenters. The predicted molar refractivity (Wildman–Crippen MR) is 96.6 cm³/mol. The molecule has 4 rings (SSSR count). The first-order valence-electron chi connectivity index (χ1n) is 8.53. The number of halogens is 3. The molecule has 0 saturated heterocycles. The summed E-state index contributed by atoms with van der Waals surface area (Å²) in [6, 6.07) is 2.62. The van der Waals surface area contributed by atoms with E-state index in [0.717, 1.165) is 17.7 Å². The van der Waals surface area contributed by atoms with Crippen LogP contribution in [0.4, 0.5) is 24.8 Å². The number of primary amides is 1. The van der Waals surface area contributed by atoms with Crippen LogP contribution in [0, 0.1) is 0 Å². The standard InChI is InChI=1S/C18H15F3N6O2/c1-27-15-12(14(26-27)16(22)29)3-2-8-7-23-17(25-13(8)15)24-10-4-9(18(19,20)21)5-11(28)6-10/h4-7,28H,2-3H2,1H3,(H2,22,29)(H,23,24,25). The Labute approximate surface area is 162 Å². The number of carbonyl (C=O) groups excluding carboxylic acids is 1. The highest BCUT2D eigenvalue weighted by molar-refractivity contribution is 5.94. The van der Waals surface area contributed by atoms with Crippen molar-refractivity contribution >= 4 is 17.5 Å². The molecular formula is C18H15F3N6O2. The molecule has 0 unspecified atom stereocenters. The molecule has 2 heterocycles. The minimum atomic E-state index is -4.61. The van der Waals surface area contributed by atoms with Crippen molar-refractivity contribution in [2.24, 2.45) is 12.8 Å². The zero-order valence-corrected chi connectivity index (χ0v) is 15.1. The van der Waals surface area contributed by atoms with E-state index in [-0.39, 0.29) is 17.3 Å². The number of benzene rings is 1. The number of aryl methyl sites for hydroxylation is 2. The Balaban J connectivity index is 1.74. The number of phenolic OH excluding ortho intramolecular Hbond substituents is 1. The molecule has 0 fully saturated rings. The van der Waals surface area contributed by atoms with E-state index < -0.39 is 23.4 Å². The Morgan fingerprint density at radius 3 is 2.72 bits per heavy atom. The van der Waals surface area contributed by atoms with E-state index in [1.165, 1.54) is 4.68 Å². The molecule has 3 aromatic rings. The number of nitrogens with two attached hydrogens (primary N) is 1. The third-order valence-corrected chi connectivity index (χ3v) is 4.61. The topological polar surface area (TPSA) is 119 Å². The second-order valence-corrected chi connectivity index (χ2v) is 6.62. The number of hydrogen-bond donors (Lipinski definition) is 3. The quantitative estimate of drug-likeness (QED) is 0.617. The normalized spacial score (nSPS) is 13.0. The van der Waals surface area contributed by atoms with Gasteiger partial charge in [0.05, 0.1) is 17.0 Å². The van der Waals surface area contributed by atoms with Crippen LogP contribution >= 0.6 is 0 Å². The lowest BCUT2D eigenvalue weighted by Gasteiger charge is -2.17. The van der Waals surface area contributed by atoms with Gasteiger partial charge in [-0.25, -0.2) is 9.97 Å². The lowest BCUT2D eigenvalue weighted by atomic mass is 9.93. The second kappa shape index (κ2) is 6.47. The number of hydrogen-bond acceptors (Lipinski definition) is 6. The Bertz CT molecular complexity index is 1140. The number of aromatic hydroxyl groups is 1. The van der Waals surface area contributed by atoms with Crippen molar-refractivity contribution in [3.8, 4) is 17.1 Å². The van der Waals surface area contributed by atoms with E-state index >= 15 is 0 Å². The molecule has 11 heteroatoms. The Kier molecular flexibility index (Phi) is 4.17. The van der Waals surface area contributed by atoms with Crippen molar-refractivity contribution in [2.75, 3.05) is 5.32 Å². The molecule has 1 aromatic carbocycles.